The number of aryl methyl sites for hydroxylation is 1. The highest BCUT2D eigenvalue weighted by molar-refractivity contribution is 6.31. The van der Waals surface area contributed by atoms with Gasteiger partial charge in [0.1, 0.15) is 5.69 Å². The van der Waals surface area contributed by atoms with Crippen LogP contribution in [0.4, 0.5) is 5.69 Å². The molecule has 4 rings (SSSR count). The predicted octanol–water partition coefficient (Wildman–Crippen LogP) is 6.00. The average molecular weight is 509 g/mol. The molecule has 0 saturated carbocycles. The Labute approximate surface area is 212 Å². The van der Waals surface area contributed by atoms with Gasteiger partial charge < -0.3 is 14.6 Å². The van der Waals surface area contributed by atoms with Crippen LogP contribution in [-0.2, 0) is 16.6 Å². The lowest BCUT2D eigenvalue weighted by Crippen LogP contribution is -2.32. The third-order valence-corrected chi connectivity index (χ3v) is 6.38. The zero-order valence-electron chi connectivity index (χ0n) is 19.3. The summed E-state index contributed by atoms with van der Waals surface area (Å²) in [7, 11) is 1.50. The number of anilines is 1. The van der Waals surface area contributed by atoms with E-state index < -0.39 is 18.0 Å². The fourth-order valence-corrected chi connectivity index (χ4v) is 4.10. The summed E-state index contributed by atoms with van der Waals surface area (Å²) < 4.78 is 6.77. The van der Waals surface area contributed by atoms with Crippen molar-refractivity contribution in [3.8, 4) is 11.1 Å². The summed E-state index contributed by atoms with van der Waals surface area (Å²) in [5, 5.41) is 4.78. The third-order valence-electron chi connectivity index (χ3n) is 5.72. The van der Waals surface area contributed by atoms with Crippen molar-refractivity contribution in [2.24, 2.45) is 7.05 Å². The molecule has 3 aromatic carbocycles. The van der Waals surface area contributed by atoms with Gasteiger partial charge in [-0.3, -0.25) is 9.59 Å². The predicted molar refractivity (Wildman–Crippen MR) is 139 cm³/mol. The summed E-state index contributed by atoms with van der Waals surface area (Å²) in [6, 6.07) is 19.1. The van der Waals surface area contributed by atoms with E-state index in [2.05, 4.69) is 5.32 Å². The van der Waals surface area contributed by atoms with Crippen LogP contribution in [-0.4, -0.2) is 22.5 Å². The Bertz CT molecular complexity index is 1510. The van der Waals surface area contributed by atoms with Crippen LogP contribution in [0.3, 0.4) is 0 Å². The smallest absolute Gasteiger partial charge is 0.356 e. The number of pyridine rings is 1. The number of hydrogen-bond donors (Lipinski definition) is 1. The number of halogens is 2. The molecule has 1 heterocycles. The second-order valence-corrected chi connectivity index (χ2v) is 8.98. The zero-order chi connectivity index (χ0) is 25.3. The van der Waals surface area contributed by atoms with E-state index in [1.165, 1.54) is 18.5 Å². The molecule has 178 valence electrons. The largest absolute Gasteiger partial charge is 0.448 e. The number of fused-ring (bicyclic) bond motifs is 1. The van der Waals surface area contributed by atoms with E-state index in [1.54, 1.807) is 66.7 Å². The molecule has 0 fully saturated rings. The molecule has 0 spiro atoms. The highest BCUT2D eigenvalue weighted by Crippen LogP contribution is 2.32. The molecular formula is C27H22Cl2N2O4. The van der Waals surface area contributed by atoms with Crippen molar-refractivity contribution in [2.75, 3.05) is 5.32 Å². The van der Waals surface area contributed by atoms with Crippen LogP contribution in [0.2, 0.25) is 10.0 Å². The highest BCUT2D eigenvalue weighted by atomic mass is 35.5. The summed E-state index contributed by atoms with van der Waals surface area (Å²) in [6.07, 6.45) is -1.14. The summed E-state index contributed by atoms with van der Waals surface area (Å²) in [6.45, 7) is 3.31. The number of aromatic nitrogens is 1. The summed E-state index contributed by atoms with van der Waals surface area (Å²) in [5.74, 6) is -1.33. The van der Waals surface area contributed by atoms with E-state index in [9.17, 15) is 14.4 Å². The Hall–Kier alpha value is -3.61. The topological polar surface area (TPSA) is 77.4 Å². The minimum absolute atomic E-state index is 0.0362. The maximum absolute atomic E-state index is 13.4. The molecule has 1 amide bonds. The zero-order valence-corrected chi connectivity index (χ0v) is 20.8. The van der Waals surface area contributed by atoms with Gasteiger partial charge in [-0.2, -0.15) is 0 Å². The van der Waals surface area contributed by atoms with Gasteiger partial charge in [0, 0.05) is 33.7 Å². The van der Waals surface area contributed by atoms with Crippen molar-refractivity contribution >= 4 is 51.5 Å². The molecular weight excluding hydrogens is 487 g/mol. The number of nitrogens with one attached hydrogen (secondary N) is 1. The van der Waals surface area contributed by atoms with E-state index in [1.807, 2.05) is 6.92 Å². The van der Waals surface area contributed by atoms with Crippen molar-refractivity contribution in [3.63, 3.8) is 0 Å². The fraction of sp³-hybridized carbons (Fsp3) is 0.148. The first-order valence-electron chi connectivity index (χ1n) is 10.8. The summed E-state index contributed by atoms with van der Waals surface area (Å²) in [5.41, 5.74) is 2.23. The summed E-state index contributed by atoms with van der Waals surface area (Å²) >= 11 is 12.2. The van der Waals surface area contributed by atoms with Crippen LogP contribution in [0.25, 0.3) is 21.9 Å². The van der Waals surface area contributed by atoms with E-state index in [4.69, 9.17) is 27.9 Å². The van der Waals surface area contributed by atoms with E-state index >= 15 is 0 Å². The standard InChI is InChI=1S/C27H22Cl2N2O4/c1-15-8-13-19(14-22(15)29)30-25(32)16(2)35-27(34)24-23(17-9-11-18(28)12-10-17)20-6-4-5-7-21(20)26(33)31(24)3/h4-14,16H,1-3H3,(H,30,32). The molecule has 0 aliphatic heterocycles. The SMILES string of the molecule is Cc1ccc(NC(=O)C(C)OC(=O)c2c(-c3ccc(Cl)cc3)c3ccccc3c(=O)n2C)cc1Cl. The monoisotopic (exact) mass is 508 g/mol. The molecule has 0 saturated heterocycles. The van der Waals surface area contributed by atoms with Gasteiger partial charge in [0.25, 0.3) is 11.5 Å². The number of nitrogens with zero attached hydrogens (tertiary/aromatic N) is 1. The van der Waals surface area contributed by atoms with E-state index in [0.717, 1.165) is 5.56 Å². The van der Waals surface area contributed by atoms with Gasteiger partial charge in [0.2, 0.25) is 0 Å². The Morgan fingerprint density at radius 3 is 2.29 bits per heavy atom. The van der Waals surface area contributed by atoms with Gasteiger partial charge in [-0.05, 0) is 60.7 Å². The van der Waals surface area contributed by atoms with Crippen molar-refractivity contribution in [3.05, 3.63) is 98.4 Å². The van der Waals surface area contributed by atoms with Gasteiger partial charge in [0.05, 0.1) is 0 Å². The molecule has 1 aromatic heterocycles. The van der Waals surface area contributed by atoms with Gasteiger partial charge in [-0.25, -0.2) is 4.79 Å². The van der Waals surface area contributed by atoms with Gasteiger partial charge >= 0.3 is 5.97 Å². The first-order chi connectivity index (χ1) is 16.7. The third kappa shape index (κ3) is 4.94. The van der Waals surface area contributed by atoms with E-state index in [0.29, 0.717) is 37.6 Å². The number of carbonyl (C=O) groups is 2. The molecule has 0 radical (unpaired) electrons. The highest BCUT2D eigenvalue weighted by Gasteiger charge is 2.26. The van der Waals surface area contributed by atoms with E-state index in [-0.39, 0.29) is 11.3 Å². The van der Waals surface area contributed by atoms with Crippen molar-refractivity contribution in [1.82, 2.24) is 4.57 Å². The lowest BCUT2D eigenvalue weighted by molar-refractivity contribution is -0.123. The van der Waals surface area contributed by atoms with Crippen LogP contribution in [0.1, 0.15) is 23.0 Å². The summed E-state index contributed by atoms with van der Waals surface area (Å²) in [4.78, 5) is 39.2. The molecule has 1 atom stereocenters. The quantitative estimate of drug-likeness (QED) is 0.335. The molecule has 6 nitrogen and oxygen atoms in total. The van der Waals surface area contributed by atoms with Gasteiger partial charge in [-0.15, -0.1) is 0 Å². The number of ether oxygens (including phenoxy) is 1. The van der Waals surface area contributed by atoms with Crippen LogP contribution >= 0.6 is 23.2 Å². The second kappa shape index (κ2) is 9.94. The molecule has 35 heavy (non-hydrogen) atoms. The number of amides is 1. The number of esters is 1. The molecule has 0 bridgehead atoms. The maximum Gasteiger partial charge on any atom is 0.356 e. The second-order valence-electron chi connectivity index (χ2n) is 8.14. The Kier molecular flexibility index (Phi) is 6.96. The average Bonchev–Trinajstić information content (AvgIpc) is 2.84. The lowest BCUT2D eigenvalue weighted by atomic mass is 9.96. The van der Waals surface area contributed by atoms with Crippen molar-refractivity contribution in [2.45, 2.75) is 20.0 Å². The number of carbonyl (C=O) groups excluding carboxylic acids is 2. The van der Waals surface area contributed by atoms with Gasteiger partial charge in [-0.1, -0.05) is 59.6 Å². The minimum atomic E-state index is -1.14. The van der Waals surface area contributed by atoms with Crippen LogP contribution < -0.4 is 10.9 Å². The number of benzene rings is 3. The molecule has 0 aliphatic rings. The molecule has 4 aromatic rings. The Morgan fingerprint density at radius 1 is 0.971 bits per heavy atom. The van der Waals surface area contributed by atoms with Crippen LogP contribution in [0, 0.1) is 6.92 Å². The Morgan fingerprint density at radius 2 is 1.63 bits per heavy atom. The first-order valence-corrected chi connectivity index (χ1v) is 11.6. The fourth-order valence-electron chi connectivity index (χ4n) is 3.80. The maximum atomic E-state index is 13.4. The first kappa shape index (κ1) is 24.5. The van der Waals surface area contributed by atoms with Crippen molar-refractivity contribution in [1.29, 1.82) is 0 Å². The van der Waals surface area contributed by atoms with Gasteiger partial charge in [0.15, 0.2) is 6.10 Å². The molecule has 1 unspecified atom stereocenters. The molecule has 1 N–H and O–H groups in total. The van der Waals surface area contributed by atoms with Crippen molar-refractivity contribution < 1.29 is 14.3 Å². The molecule has 8 heteroatoms. The Balaban J connectivity index is 1.72. The number of hydrogen-bond acceptors (Lipinski definition) is 4. The molecule has 0 aliphatic carbocycles. The van der Waals surface area contributed by atoms with Crippen LogP contribution in [0.15, 0.2) is 71.5 Å². The normalized spacial score (nSPS) is 11.8. The van der Waals surface area contributed by atoms with Crippen LogP contribution in [0.5, 0.6) is 0 Å². The minimum Gasteiger partial charge on any atom is -0.448 e. The number of rotatable bonds is 5. The lowest BCUT2D eigenvalue weighted by Gasteiger charge is -2.19.